The first-order valence-corrected chi connectivity index (χ1v) is 10.2. The molecule has 29 heavy (non-hydrogen) atoms. The maximum Gasteiger partial charge on any atom is 0.321 e. The van der Waals surface area contributed by atoms with Crippen molar-refractivity contribution in [3.8, 4) is 11.1 Å². The van der Waals surface area contributed by atoms with Crippen LogP contribution < -0.4 is 11.1 Å². The summed E-state index contributed by atoms with van der Waals surface area (Å²) in [6, 6.07) is 14.0. The van der Waals surface area contributed by atoms with Crippen LogP contribution >= 0.6 is 11.3 Å². The standard InChI is InChI=1S/C21H19N5O2S/c22-20-19-18(23-12-24-20)16-5-4-14(11-17(16)29-19)13-2-1-3-15(10-13)25-21(27)26-6-8-28-9-7-26/h1-5,10-12H,6-9H2,(H,25,27)(H2,22,23,24). The summed E-state index contributed by atoms with van der Waals surface area (Å²) in [6.45, 7) is 2.38. The van der Waals surface area contributed by atoms with E-state index in [0.717, 1.165) is 37.1 Å². The number of nitrogens with two attached hydrogens (primary N) is 1. The Morgan fingerprint density at radius 3 is 2.79 bits per heavy atom. The Kier molecular flexibility index (Phi) is 4.49. The van der Waals surface area contributed by atoms with Crippen LogP contribution in [0, 0.1) is 0 Å². The first-order valence-electron chi connectivity index (χ1n) is 9.36. The molecular formula is C21H19N5O2S. The maximum absolute atomic E-state index is 12.5. The van der Waals surface area contributed by atoms with Crippen LogP contribution in [0.1, 0.15) is 0 Å². The number of nitrogens with zero attached hydrogens (tertiary/aromatic N) is 3. The molecule has 1 aliphatic heterocycles. The maximum atomic E-state index is 12.5. The molecule has 4 aromatic rings. The summed E-state index contributed by atoms with van der Waals surface area (Å²) in [5.74, 6) is 0.505. The van der Waals surface area contributed by atoms with Crippen molar-refractivity contribution in [3.63, 3.8) is 0 Å². The summed E-state index contributed by atoms with van der Waals surface area (Å²) < 4.78 is 7.32. The molecule has 0 spiro atoms. The number of benzene rings is 2. The number of aromatic nitrogens is 2. The molecule has 3 heterocycles. The molecule has 146 valence electrons. The van der Waals surface area contributed by atoms with Crippen LogP contribution in [0.25, 0.3) is 31.4 Å². The molecule has 3 N–H and O–H groups in total. The minimum Gasteiger partial charge on any atom is -0.382 e. The fraction of sp³-hybridized carbons (Fsp3) is 0.190. The Morgan fingerprint density at radius 1 is 1.10 bits per heavy atom. The number of rotatable bonds is 2. The monoisotopic (exact) mass is 405 g/mol. The number of nitrogen functional groups attached to an aromatic ring is 1. The van der Waals surface area contributed by atoms with Crippen LogP contribution in [0.2, 0.25) is 0 Å². The normalized spacial score (nSPS) is 14.4. The molecule has 2 aromatic carbocycles. The van der Waals surface area contributed by atoms with Gasteiger partial charge in [-0.2, -0.15) is 0 Å². The lowest BCUT2D eigenvalue weighted by Gasteiger charge is -2.27. The van der Waals surface area contributed by atoms with Gasteiger partial charge in [-0.05, 0) is 29.3 Å². The molecule has 8 heteroatoms. The van der Waals surface area contributed by atoms with Crippen molar-refractivity contribution in [2.75, 3.05) is 37.4 Å². The van der Waals surface area contributed by atoms with Crippen molar-refractivity contribution in [2.45, 2.75) is 0 Å². The molecule has 5 rings (SSSR count). The van der Waals surface area contributed by atoms with Gasteiger partial charge in [0.2, 0.25) is 0 Å². The summed E-state index contributed by atoms with van der Waals surface area (Å²) in [5, 5.41) is 4.06. The SMILES string of the molecule is Nc1ncnc2c1sc1cc(-c3cccc(NC(=O)N4CCOCC4)c3)ccc12. The van der Waals surface area contributed by atoms with E-state index in [4.69, 9.17) is 10.5 Å². The van der Waals surface area contributed by atoms with Gasteiger partial charge < -0.3 is 20.7 Å². The van der Waals surface area contributed by atoms with Gasteiger partial charge in [0, 0.05) is 28.9 Å². The number of morpholine rings is 1. The molecule has 0 atom stereocenters. The first-order chi connectivity index (χ1) is 14.2. The summed E-state index contributed by atoms with van der Waals surface area (Å²) in [7, 11) is 0. The second-order valence-electron chi connectivity index (χ2n) is 6.86. The number of carbonyl (C=O) groups is 1. The number of ether oxygens (including phenoxy) is 1. The van der Waals surface area contributed by atoms with Gasteiger partial charge in [-0.25, -0.2) is 14.8 Å². The van der Waals surface area contributed by atoms with Crippen LogP contribution in [0.5, 0.6) is 0 Å². The number of thiophene rings is 1. The van der Waals surface area contributed by atoms with Crippen molar-refractivity contribution in [1.82, 2.24) is 14.9 Å². The Labute approximate surface area is 171 Å². The topological polar surface area (TPSA) is 93.4 Å². The molecule has 0 radical (unpaired) electrons. The lowest BCUT2D eigenvalue weighted by atomic mass is 10.0. The second kappa shape index (κ2) is 7.31. The largest absolute Gasteiger partial charge is 0.382 e. The molecule has 1 saturated heterocycles. The highest BCUT2D eigenvalue weighted by molar-refractivity contribution is 7.26. The minimum atomic E-state index is -0.0977. The van der Waals surface area contributed by atoms with Gasteiger partial charge in [0.05, 0.1) is 23.4 Å². The van der Waals surface area contributed by atoms with E-state index in [-0.39, 0.29) is 6.03 Å². The molecule has 0 unspecified atom stereocenters. The Hall–Kier alpha value is -3.23. The second-order valence-corrected chi connectivity index (χ2v) is 7.91. The lowest BCUT2D eigenvalue weighted by Crippen LogP contribution is -2.43. The smallest absolute Gasteiger partial charge is 0.321 e. The summed E-state index contributed by atoms with van der Waals surface area (Å²) in [6.07, 6.45) is 1.50. The summed E-state index contributed by atoms with van der Waals surface area (Å²) >= 11 is 1.59. The number of hydrogen-bond acceptors (Lipinski definition) is 6. The van der Waals surface area contributed by atoms with Gasteiger partial charge in [0.1, 0.15) is 12.1 Å². The van der Waals surface area contributed by atoms with Crippen molar-refractivity contribution >= 4 is 49.2 Å². The fourth-order valence-corrected chi connectivity index (χ4v) is 4.61. The van der Waals surface area contributed by atoms with E-state index < -0.39 is 0 Å². The molecule has 1 aliphatic rings. The van der Waals surface area contributed by atoms with E-state index >= 15 is 0 Å². The van der Waals surface area contributed by atoms with Crippen molar-refractivity contribution < 1.29 is 9.53 Å². The third-order valence-corrected chi connectivity index (χ3v) is 6.19. The predicted molar refractivity (Wildman–Crippen MR) is 116 cm³/mol. The van der Waals surface area contributed by atoms with E-state index in [1.807, 2.05) is 24.3 Å². The number of fused-ring (bicyclic) bond motifs is 3. The first kappa shape index (κ1) is 17.8. The summed E-state index contributed by atoms with van der Waals surface area (Å²) in [5.41, 5.74) is 9.76. The molecular weight excluding hydrogens is 386 g/mol. The van der Waals surface area contributed by atoms with Gasteiger partial charge in [-0.15, -0.1) is 11.3 Å². The molecule has 2 amide bonds. The van der Waals surface area contributed by atoms with Gasteiger partial charge in [0.25, 0.3) is 0 Å². The highest BCUT2D eigenvalue weighted by atomic mass is 32.1. The fourth-order valence-electron chi connectivity index (χ4n) is 3.52. The van der Waals surface area contributed by atoms with Gasteiger partial charge >= 0.3 is 6.03 Å². The number of amides is 2. The lowest BCUT2D eigenvalue weighted by molar-refractivity contribution is 0.0564. The van der Waals surface area contributed by atoms with E-state index in [9.17, 15) is 4.79 Å². The third-order valence-electron chi connectivity index (χ3n) is 5.03. The molecule has 7 nitrogen and oxygen atoms in total. The zero-order valence-corrected chi connectivity index (χ0v) is 16.4. The van der Waals surface area contributed by atoms with Crippen LogP contribution in [-0.2, 0) is 4.74 Å². The van der Waals surface area contributed by atoms with E-state index in [1.165, 1.54) is 6.33 Å². The number of anilines is 2. The highest BCUT2D eigenvalue weighted by Gasteiger charge is 2.17. The van der Waals surface area contributed by atoms with Crippen LogP contribution in [0.4, 0.5) is 16.3 Å². The van der Waals surface area contributed by atoms with E-state index in [2.05, 4.69) is 33.5 Å². The van der Waals surface area contributed by atoms with Crippen LogP contribution in [0.3, 0.4) is 0 Å². The quantitative estimate of drug-likeness (QED) is 0.527. The Balaban J connectivity index is 1.45. The van der Waals surface area contributed by atoms with Gasteiger partial charge in [0.15, 0.2) is 0 Å². The average Bonchev–Trinajstić information content (AvgIpc) is 3.14. The molecule has 2 aromatic heterocycles. The predicted octanol–water partition coefficient (Wildman–Crippen LogP) is 3.96. The average molecular weight is 405 g/mol. The molecule has 0 bridgehead atoms. The van der Waals surface area contributed by atoms with Crippen molar-refractivity contribution in [2.24, 2.45) is 0 Å². The van der Waals surface area contributed by atoms with Crippen molar-refractivity contribution in [1.29, 1.82) is 0 Å². The number of nitrogens with one attached hydrogen (secondary N) is 1. The highest BCUT2D eigenvalue weighted by Crippen LogP contribution is 2.37. The zero-order chi connectivity index (χ0) is 19.8. The van der Waals surface area contributed by atoms with E-state index in [0.29, 0.717) is 32.1 Å². The third kappa shape index (κ3) is 3.37. The minimum absolute atomic E-state index is 0.0977. The van der Waals surface area contributed by atoms with E-state index in [1.54, 1.807) is 16.2 Å². The Morgan fingerprint density at radius 2 is 1.93 bits per heavy atom. The summed E-state index contributed by atoms with van der Waals surface area (Å²) in [4.78, 5) is 22.7. The van der Waals surface area contributed by atoms with Crippen molar-refractivity contribution in [3.05, 3.63) is 48.8 Å². The molecule has 1 fully saturated rings. The number of hydrogen-bond donors (Lipinski definition) is 2. The van der Waals surface area contributed by atoms with Gasteiger partial charge in [-0.3, -0.25) is 0 Å². The van der Waals surface area contributed by atoms with Gasteiger partial charge in [-0.1, -0.05) is 24.3 Å². The Bertz CT molecular complexity index is 1220. The zero-order valence-electron chi connectivity index (χ0n) is 15.6. The van der Waals surface area contributed by atoms with Crippen LogP contribution in [0.15, 0.2) is 48.8 Å². The number of urea groups is 1. The molecule has 0 saturated carbocycles. The number of carbonyl (C=O) groups excluding carboxylic acids is 1. The molecule has 0 aliphatic carbocycles. The van der Waals surface area contributed by atoms with Crippen LogP contribution in [-0.4, -0.2) is 47.2 Å².